The van der Waals surface area contributed by atoms with Gasteiger partial charge in [0.25, 0.3) is 0 Å². The molecule has 0 aliphatic heterocycles. The zero-order chi connectivity index (χ0) is 15.0. The Kier molecular flexibility index (Phi) is 3.73. The second kappa shape index (κ2) is 5.53. The number of nitrogens with zero attached hydrogens (tertiary/aromatic N) is 4. The maximum absolute atomic E-state index is 13.5. The van der Waals surface area contributed by atoms with Crippen LogP contribution < -0.4 is 5.73 Å². The van der Waals surface area contributed by atoms with Crippen LogP contribution in [0.2, 0.25) is 0 Å². The first kappa shape index (κ1) is 14.2. The van der Waals surface area contributed by atoms with E-state index in [1.54, 1.807) is 0 Å². The van der Waals surface area contributed by atoms with Gasteiger partial charge in [0.15, 0.2) is 5.82 Å². The molecule has 106 valence electrons. The van der Waals surface area contributed by atoms with E-state index in [1.165, 1.54) is 22.9 Å². The fourth-order valence-corrected chi connectivity index (χ4v) is 3.25. The molecule has 5 nitrogen and oxygen atoms in total. The molecular weight excluding hydrogens is 405 g/mol. The van der Waals surface area contributed by atoms with Gasteiger partial charge in [-0.15, -0.1) is 5.10 Å². The molecule has 3 aromatic rings. The Labute approximate surface area is 136 Å². The molecule has 0 amide bonds. The third kappa shape index (κ3) is 2.56. The number of para-hydroxylation sites is 1. The number of anilines is 1. The van der Waals surface area contributed by atoms with Gasteiger partial charge in [0, 0.05) is 20.2 Å². The molecule has 0 saturated heterocycles. The number of hydrogen-bond donors (Lipinski definition) is 1. The minimum atomic E-state index is -0.403. The molecule has 0 unspecified atom stereocenters. The Balaban J connectivity index is 2.25. The van der Waals surface area contributed by atoms with E-state index in [2.05, 4.69) is 47.4 Å². The van der Waals surface area contributed by atoms with Crippen molar-refractivity contribution in [1.82, 2.24) is 20.2 Å². The summed E-state index contributed by atoms with van der Waals surface area (Å²) in [5, 5.41) is 11.6. The Bertz CT molecular complexity index is 798. The normalized spacial score (nSPS) is 10.8. The fraction of sp³-hybridized carbons (Fsp3) is 0. The SMILES string of the molecule is Nc1ccc(F)cc1-c1nnnn1-c1c(Br)cccc1Br. The molecule has 21 heavy (non-hydrogen) atoms. The van der Waals surface area contributed by atoms with E-state index in [0.717, 1.165) is 8.95 Å². The van der Waals surface area contributed by atoms with Gasteiger partial charge in [-0.2, -0.15) is 4.68 Å². The standard InChI is InChI=1S/C13H8Br2FN5/c14-9-2-1-3-10(15)12(9)21-13(18-19-20-21)8-6-7(16)4-5-11(8)17/h1-6H,17H2. The highest BCUT2D eigenvalue weighted by Gasteiger charge is 2.17. The maximum Gasteiger partial charge on any atom is 0.189 e. The van der Waals surface area contributed by atoms with Gasteiger partial charge in [0.2, 0.25) is 0 Å². The molecule has 0 radical (unpaired) electrons. The zero-order valence-electron chi connectivity index (χ0n) is 10.5. The molecule has 1 heterocycles. The minimum absolute atomic E-state index is 0.361. The van der Waals surface area contributed by atoms with Crippen LogP contribution in [0.5, 0.6) is 0 Å². The Morgan fingerprint density at radius 3 is 2.52 bits per heavy atom. The molecule has 0 fully saturated rings. The van der Waals surface area contributed by atoms with Crippen LogP contribution >= 0.6 is 31.9 Å². The molecule has 8 heteroatoms. The first-order valence-corrected chi connectivity index (χ1v) is 7.44. The van der Waals surface area contributed by atoms with Crippen molar-refractivity contribution < 1.29 is 4.39 Å². The summed E-state index contributed by atoms with van der Waals surface area (Å²) in [5.41, 5.74) is 7.45. The summed E-state index contributed by atoms with van der Waals surface area (Å²) in [6, 6.07) is 9.68. The Morgan fingerprint density at radius 1 is 1.10 bits per heavy atom. The summed E-state index contributed by atoms with van der Waals surface area (Å²) in [4.78, 5) is 0. The van der Waals surface area contributed by atoms with Crippen LogP contribution in [0.1, 0.15) is 0 Å². The van der Waals surface area contributed by atoms with Gasteiger partial charge in [0.1, 0.15) is 5.82 Å². The number of nitrogen functional groups attached to an aromatic ring is 1. The molecule has 0 aliphatic carbocycles. The Morgan fingerprint density at radius 2 is 1.81 bits per heavy atom. The molecule has 2 N–H and O–H groups in total. The topological polar surface area (TPSA) is 69.6 Å². The molecule has 0 saturated carbocycles. The van der Waals surface area contributed by atoms with E-state index in [-0.39, 0.29) is 0 Å². The molecule has 0 spiro atoms. The van der Waals surface area contributed by atoms with E-state index in [0.29, 0.717) is 22.8 Å². The van der Waals surface area contributed by atoms with Gasteiger partial charge in [0.05, 0.1) is 5.69 Å². The van der Waals surface area contributed by atoms with E-state index in [9.17, 15) is 4.39 Å². The van der Waals surface area contributed by atoms with Crippen LogP contribution in [-0.4, -0.2) is 20.2 Å². The lowest BCUT2D eigenvalue weighted by atomic mass is 10.1. The number of benzene rings is 2. The number of aromatic nitrogens is 4. The molecule has 0 aliphatic rings. The van der Waals surface area contributed by atoms with Crippen molar-refractivity contribution >= 4 is 37.5 Å². The second-order valence-corrected chi connectivity index (χ2v) is 5.92. The highest BCUT2D eigenvalue weighted by atomic mass is 79.9. The first-order chi connectivity index (χ1) is 10.1. The lowest BCUT2D eigenvalue weighted by Crippen LogP contribution is -2.03. The summed E-state index contributed by atoms with van der Waals surface area (Å²) in [6.07, 6.45) is 0. The first-order valence-electron chi connectivity index (χ1n) is 5.86. The van der Waals surface area contributed by atoms with Crippen LogP contribution in [0.4, 0.5) is 10.1 Å². The third-order valence-electron chi connectivity index (χ3n) is 2.88. The highest BCUT2D eigenvalue weighted by Crippen LogP contribution is 2.32. The van der Waals surface area contributed by atoms with Crippen molar-refractivity contribution in [2.24, 2.45) is 0 Å². The van der Waals surface area contributed by atoms with Crippen molar-refractivity contribution in [3.63, 3.8) is 0 Å². The van der Waals surface area contributed by atoms with Crippen LogP contribution in [0.25, 0.3) is 17.1 Å². The molecule has 2 aromatic carbocycles. The summed E-state index contributed by atoms with van der Waals surface area (Å²) in [6.45, 7) is 0. The number of rotatable bonds is 2. The van der Waals surface area contributed by atoms with E-state index in [4.69, 9.17) is 5.73 Å². The van der Waals surface area contributed by atoms with Crippen LogP contribution in [-0.2, 0) is 0 Å². The van der Waals surface area contributed by atoms with E-state index < -0.39 is 5.82 Å². The van der Waals surface area contributed by atoms with Crippen molar-refractivity contribution in [2.75, 3.05) is 5.73 Å². The van der Waals surface area contributed by atoms with Gasteiger partial charge in [-0.1, -0.05) is 6.07 Å². The van der Waals surface area contributed by atoms with Gasteiger partial charge in [-0.05, 0) is 72.6 Å². The lowest BCUT2D eigenvalue weighted by Gasteiger charge is -2.10. The number of halogens is 3. The predicted octanol–water partition coefficient (Wildman–Crippen LogP) is 3.58. The van der Waals surface area contributed by atoms with Gasteiger partial charge in [-0.3, -0.25) is 0 Å². The maximum atomic E-state index is 13.5. The average molecular weight is 413 g/mol. The number of nitrogens with two attached hydrogens (primary N) is 1. The third-order valence-corrected chi connectivity index (χ3v) is 4.15. The number of tetrazole rings is 1. The van der Waals surface area contributed by atoms with E-state index >= 15 is 0 Å². The van der Waals surface area contributed by atoms with Gasteiger partial charge in [-0.25, -0.2) is 4.39 Å². The summed E-state index contributed by atoms with van der Waals surface area (Å²) < 4.78 is 16.6. The molecule has 0 bridgehead atoms. The van der Waals surface area contributed by atoms with Crippen molar-refractivity contribution in [1.29, 1.82) is 0 Å². The number of hydrogen-bond acceptors (Lipinski definition) is 4. The zero-order valence-corrected chi connectivity index (χ0v) is 13.6. The second-order valence-electron chi connectivity index (χ2n) is 4.22. The van der Waals surface area contributed by atoms with Crippen LogP contribution in [0.15, 0.2) is 45.3 Å². The average Bonchev–Trinajstić information content (AvgIpc) is 2.90. The van der Waals surface area contributed by atoms with Crippen molar-refractivity contribution in [3.8, 4) is 17.1 Å². The van der Waals surface area contributed by atoms with Gasteiger partial charge >= 0.3 is 0 Å². The van der Waals surface area contributed by atoms with Crippen LogP contribution in [0, 0.1) is 5.82 Å². The van der Waals surface area contributed by atoms with E-state index in [1.807, 2.05) is 18.2 Å². The van der Waals surface area contributed by atoms with Crippen molar-refractivity contribution in [2.45, 2.75) is 0 Å². The van der Waals surface area contributed by atoms with Gasteiger partial charge < -0.3 is 5.73 Å². The predicted molar refractivity (Wildman–Crippen MR) is 84.4 cm³/mol. The molecule has 1 aromatic heterocycles. The Hall–Kier alpha value is -1.80. The monoisotopic (exact) mass is 411 g/mol. The van der Waals surface area contributed by atoms with Crippen molar-refractivity contribution in [3.05, 3.63) is 51.2 Å². The largest absolute Gasteiger partial charge is 0.398 e. The highest BCUT2D eigenvalue weighted by molar-refractivity contribution is 9.11. The molecular formula is C13H8Br2FN5. The fourth-order valence-electron chi connectivity index (χ4n) is 1.92. The quantitative estimate of drug-likeness (QED) is 0.653. The lowest BCUT2D eigenvalue weighted by molar-refractivity contribution is 0.628. The molecule has 0 atom stereocenters. The summed E-state index contributed by atoms with van der Waals surface area (Å²) in [7, 11) is 0. The minimum Gasteiger partial charge on any atom is -0.398 e. The summed E-state index contributed by atoms with van der Waals surface area (Å²) >= 11 is 6.91. The summed E-state index contributed by atoms with van der Waals surface area (Å²) in [5.74, 6) is -0.0421. The smallest absolute Gasteiger partial charge is 0.189 e. The van der Waals surface area contributed by atoms with Crippen LogP contribution in [0.3, 0.4) is 0 Å². The molecule has 3 rings (SSSR count).